The summed E-state index contributed by atoms with van der Waals surface area (Å²) in [5.74, 6) is 0.565. The Morgan fingerprint density at radius 1 is 1.22 bits per heavy atom. The summed E-state index contributed by atoms with van der Waals surface area (Å²) in [4.78, 5) is 0. The smallest absolute Gasteiger partial charge is 0.121 e. The lowest BCUT2D eigenvalue weighted by molar-refractivity contribution is 0.300. The third kappa shape index (κ3) is 3.40. The predicted molar refractivity (Wildman–Crippen MR) is 70.2 cm³/mol. The molecule has 0 amide bonds. The van der Waals surface area contributed by atoms with Crippen LogP contribution in [0.4, 0.5) is 0 Å². The van der Waals surface area contributed by atoms with E-state index in [1.165, 1.54) is 5.56 Å². The largest absolute Gasteiger partial charge is 0.311 e. The zero-order valence-electron chi connectivity index (χ0n) is 10.9. The first-order valence-electron chi connectivity index (χ1n) is 6.31. The molecule has 1 heterocycles. The molecule has 1 atom stereocenters. The third-order valence-electron chi connectivity index (χ3n) is 3.16. The Labute approximate surface area is 107 Å². The minimum Gasteiger partial charge on any atom is -0.311 e. The maximum Gasteiger partial charge on any atom is 0.121 e. The van der Waals surface area contributed by atoms with E-state index in [9.17, 15) is 0 Å². The molecule has 2 aromatic rings. The summed E-state index contributed by atoms with van der Waals surface area (Å²) in [6.45, 7) is 5.83. The molecule has 0 radical (unpaired) electrons. The summed E-state index contributed by atoms with van der Waals surface area (Å²) in [7, 11) is 0. The summed E-state index contributed by atoms with van der Waals surface area (Å²) in [5, 5.41) is 11.0. The quantitative estimate of drug-likeness (QED) is 0.795. The number of hydrogen-bond donors (Lipinski definition) is 1. The van der Waals surface area contributed by atoms with Crippen LogP contribution in [0.25, 0.3) is 0 Å². The van der Waals surface area contributed by atoms with E-state index in [1.807, 2.05) is 6.92 Å². The van der Waals surface area contributed by atoms with Gasteiger partial charge in [0.05, 0.1) is 0 Å². The van der Waals surface area contributed by atoms with Crippen molar-refractivity contribution in [3.05, 3.63) is 47.3 Å². The number of aryl methyl sites for hydroxylation is 1. The predicted octanol–water partition coefficient (Wildman–Crippen LogP) is 2.66. The van der Waals surface area contributed by atoms with Crippen LogP contribution in [-0.4, -0.2) is 16.9 Å². The summed E-state index contributed by atoms with van der Waals surface area (Å²) >= 11 is 0. The lowest BCUT2D eigenvalue weighted by Crippen LogP contribution is -2.17. The van der Waals surface area contributed by atoms with Gasteiger partial charge < -0.3 is 5.32 Å². The Morgan fingerprint density at radius 2 is 2.00 bits per heavy atom. The number of nitrogens with zero attached hydrogens (tertiary/aromatic N) is 2. The van der Waals surface area contributed by atoms with E-state index in [0.29, 0.717) is 5.92 Å². The van der Waals surface area contributed by atoms with Gasteiger partial charge in [-0.2, -0.15) is 0 Å². The van der Waals surface area contributed by atoms with E-state index >= 15 is 0 Å². The van der Waals surface area contributed by atoms with Crippen LogP contribution in [0.1, 0.15) is 36.2 Å². The second-order valence-corrected chi connectivity index (χ2v) is 4.57. The van der Waals surface area contributed by atoms with Gasteiger partial charge in [-0.1, -0.05) is 47.6 Å². The molecule has 4 heteroatoms. The van der Waals surface area contributed by atoms with E-state index < -0.39 is 0 Å². The Bertz CT molecular complexity index is 467. The molecular formula is C14H19N3O. The first-order chi connectivity index (χ1) is 8.77. The van der Waals surface area contributed by atoms with Crippen LogP contribution in [0.15, 0.2) is 35.0 Å². The molecule has 0 spiro atoms. The van der Waals surface area contributed by atoms with E-state index in [1.54, 1.807) is 0 Å². The number of rotatable bonds is 6. The van der Waals surface area contributed by atoms with E-state index in [4.69, 9.17) is 0 Å². The van der Waals surface area contributed by atoms with Crippen LogP contribution in [0.5, 0.6) is 0 Å². The topological polar surface area (TPSA) is 51.0 Å². The monoisotopic (exact) mass is 245 g/mol. The minimum atomic E-state index is 0.565. The molecular weight excluding hydrogens is 226 g/mol. The molecule has 0 aliphatic rings. The maximum atomic E-state index is 4.65. The van der Waals surface area contributed by atoms with Gasteiger partial charge in [0.25, 0.3) is 0 Å². The van der Waals surface area contributed by atoms with Crippen LogP contribution in [0, 0.1) is 6.92 Å². The number of benzene rings is 1. The number of aromatic nitrogens is 2. The Kier molecular flexibility index (Phi) is 4.47. The zero-order valence-corrected chi connectivity index (χ0v) is 10.9. The van der Waals surface area contributed by atoms with Crippen LogP contribution in [-0.2, 0) is 6.54 Å². The average molecular weight is 245 g/mol. The highest BCUT2D eigenvalue weighted by molar-refractivity contribution is 5.18. The molecule has 0 saturated heterocycles. The standard InChI is InChI=1S/C14H19N3O/c1-11(13-6-4-3-5-7-13)8-9-15-10-14-12(2)16-18-17-14/h3-7,11,15H,8-10H2,1-2H3. The van der Waals surface area contributed by atoms with E-state index in [2.05, 4.69) is 57.5 Å². The van der Waals surface area contributed by atoms with Crippen molar-refractivity contribution in [2.45, 2.75) is 32.7 Å². The van der Waals surface area contributed by atoms with Crippen molar-refractivity contribution >= 4 is 0 Å². The minimum absolute atomic E-state index is 0.565. The summed E-state index contributed by atoms with van der Waals surface area (Å²) < 4.78 is 4.65. The van der Waals surface area contributed by atoms with Gasteiger partial charge in [-0.25, -0.2) is 4.63 Å². The highest BCUT2D eigenvalue weighted by atomic mass is 16.6. The molecule has 0 fully saturated rings. The fourth-order valence-corrected chi connectivity index (χ4v) is 1.88. The van der Waals surface area contributed by atoms with Crippen molar-refractivity contribution in [3.63, 3.8) is 0 Å². The summed E-state index contributed by atoms with van der Waals surface area (Å²) in [6.07, 6.45) is 1.11. The van der Waals surface area contributed by atoms with Gasteiger partial charge in [0, 0.05) is 6.54 Å². The van der Waals surface area contributed by atoms with Crippen molar-refractivity contribution in [1.29, 1.82) is 0 Å². The summed E-state index contributed by atoms with van der Waals surface area (Å²) in [5.41, 5.74) is 3.14. The first kappa shape index (κ1) is 12.8. The Hall–Kier alpha value is -1.68. The molecule has 0 bridgehead atoms. The van der Waals surface area contributed by atoms with Crippen LogP contribution < -0.4 is 5.32 Å². The van der Waals surface area contributed by atoms with Gasteiger partial charge in [0.15, 0.2) is 0 Å². The summed E-state index contributed by atoms with van der Waals surface area (Å²) in [6, 6.07) is 10.6. The molecule has 0 saturated carbocycles. The van der Waals surface area contributed by atoms with Gasteiger partial charge >= 0.3 is 0 Å². The second-order valence-electron chi connectivity index (χ2n) is 4.57. The lowest BCUT2D eigenvalue weighted by atomic mass is 9.98. The molecule has 1 unspecified atom stereocenters. The van der Waals surface area contributed by atoms with Crippen molar-refractivity contribution in [2.24, 2.45) is 0 Å². The van der Waals surface area contributed by atoms with Crippen molar-refractivity contribution in [2.75, 3.05) is 6.54 Å². The molecule has 1 aromatic heterocycles. The molecule has 4 nitrogen and oxygen atoms in total. The third-order valence-corrected chi connectivity index (χ3v) is 3.16. The molecule has 1 aromatic carbocycles. The van der Waals surface area contributed by atoms with Crippen molar-refractivity contribution < 1.29 is 4.63 Å². The highest BCUT2D eigenvalue weighted by Gasteiger charge is 2.06. The van der Waals surface area contributed by atoms with Crippen molar-refractivity contribution in [3.8, 4) is 0 Å². The molecule has 0 aliphatic carbocycles. The Morgan fingerprint density at radius 3 is 2.67 bits per heavy atom. The molecule has 96 valence electrons. The number of nitrogens with one attached hydrogen (secondary N) is 1. The zero-order chi connectivity index (χ0) is 12.8. The maximum absolute atomic E-state index is 4.65. The van der Waals surface area contributed by atoms with Crippen LogP contribution >= 0.6 is 0 Å². The van der Waals surface area contributed by atoms with E-state index in [0.717, 1.165) is 30.9 Å². The van der Waals surface area contributed by atoms with Gasteiger partial charge in [-0.05, 0) is 31.4 Å². The second kappa shape index (κ2) is 6.31. The lowest BCUT2D eigenvalue weighted by Gasteiger charge is -2.11. The van der Waals surface area contributed by atoms with E-state index in [-0.39, 0.29) is 0 Å². The molecule has 1 N–H and O–H groups in total. The highest BCUT2D eigenvalue weighted by Crippen LogP contribution is 2.17. The molecule has 2 rings (SSSR count). The Balaban J connectivity index is 1.71. The van der Waals surface area contributed by atoms with Crippen LogP contribution in [0.2, 0.25) is 0 Å². The van der Waals surface area contributed by atoms with Gasteiger partial charge in [-0.15, -0.1) is 0 Å². The SMILES string of the molecule is Cc1nonc1CNCCC(C)c1ccccc1. The fraction of sp³-hybridized carbons (Fsp3) is 0.429. The average Bonchev–Trinajstić information content (AvgIpc) is 2.81. The first-order valence-corrected chi connectivity index (χ1v) is 6.31. The molecule has 18 heavy (non-hydrogen) atoms. The van der Waals surface area contributed by atoms with Gasteiger partial charge in [-0.3, -0.25) is 0 Å². The fourth-order valence-electron chi connectivity index (χ4n) is 1.88. The van der Waals surface area contributed by atoms with Gasteiger partial charge in [0.1, 0.15) is 11.4 Å². The van der Waals surface area contributed by atoms with Gasteiger partial charge in [0.2, 0.25) is 0 Å². The van der Waals surface area contributed by atoms with Crippen LogP contribution in [0.3, 0.4) is 0 Å². The normalized spacial score (nSPS) is 12.6. The number of hydrogen-bond acceptors (Lipinski definition) is 4. The van der Waals surface area contributed by atoms with Crippen molar-refractivity contribution in [1.82, 2.24) is 15.6 Å². The molecule has 0 aliphatic heterocycles.